The second-order valence-electron chi connectivity index (χ2n) is 6.04. The predicted octanol–water partition coefficient (Wildman–Crippen LogP) is 1.57. The first kappa shape index (κ1) is 15.0. The summed E-state index contributed by atoms with van der Waals surface area (Å²) in [6.07, 6.45) is 4.69. The molecule has 5 heteroatoms. The van der Waals surface area contributed by atoms with Gasteiger partial charge in [-0.25, -0.2) is 0 Å². The number of carbonyl (C=O) groups is 2. The van der Waals surface area contributed by atoms with E-state index >= 15 is 0 Å². The van der Waals surface area contributed by atoms with Crippen molar-refractivity contribution in [2.75, 3.05) is 18.0 Å². The highest BCUT2D eigenvalue weighted by atomic mass is 16.2. The summed E-state index contributed by atoms with van der Waals surface area (Å²) >= 11 is 0. The molecule has 1 aromatic carbocycles. The number of hydrogen-bond acceptors (Lipinski definition) is 3. The van der Waals surface area contributed by atoms with Crippen LogP contribution >= 0.6 is 0 Å². The van der Waals surface area contributed by atoms with Gasteiger partial charge in [-0.15, -0.1) is 0 Å². The van der Waals surface area contributed by atoms with Crippen molar-refractivity contribution in [3.8, 4) is 0 Å². The lowest BCUT2D eigenvalue weighted by Gasteiger charge is -2.26. The van der Waals surface area contributed by atoms with E-state index in [1.54, 1.807) is 0 Å². The number of benzene rings is 1. The Kier molecular flexibility index (Phi) is 4.73. The fraction of sp³-hybridized carbons (Fsp3) is 0.529. The van der Waals surface area contributed by atoms with Gasteiger partial charge in [0.2, 0.25) is 11.8 Å². The lowest BCUT2D eigenvalue weighted by atomic mass is 10.1. The van der Waals surface area contributed by atoms with Crippen molar-refractivity contribution < 1.29 is 9.59 Å². The lowest BCUT2D eigenvalue weighted by Crippen LogP contribution is -2.40. The van der Waals surface area contributed by atoms with Crippen LogP contribution < -0.4 is 15.5 Å². The fourth-order valence-electron chi connectivity index (χ4n) is 3.09. The van der Waals surface area contributed by atoms with Crippen LogP contribution in [0.5, 0.6) is 0 Å². The molecule has 1 atom stereocenters. The summed E-state index contributed by atoms with van der Waals surface area (Å²) in [5.41, 5.74) is 2.01. The van der Waals surface area contributed by atoms with Crippen molar-refractivity contribution in [3.05, 3.63) is 29.8 Å². The number of amides is 2. The Labute approximate surface area is 131 Å². The second-order valence-corrected chi connectivity index (χ2v) is 6.04. The van der Waals surface area contributed by atoms with E-state index in [0.717, 1.165) is 50.0 Å². The van der Waals surface area contributed by atoms with Gasteiger partial charge in [-0.05, 0) is 49.9 Å². The van der Waals surface area contributed by atoms with Crippen LogP contribution in [0.3, 0.4) is 0 Å². The van der Waals surface area contributed by atoms with Crippen LogP contribution in [-0.4, -0.2) is 30.9 Å². The van der Waals surface area contributed by atoms with Crippen molar-refractivity contribution in [2.24, 2.45) is 0 Å². The second kappa shape index (κ2) is 6.92. The maximum absolute atomic E-state index is 11.9. The Morgan fingerprint density at radius 1 is 1.23 bits per heavy atom. The van der Waals surface area contributed by atoms with Gasteiger partial charge in [0, 0.05) is 25.2 Å². The molecule has 2 heterocycles. The van der Waals surface area contributed by atoms with Crippen molar-refractivity contribution >= 4 is 17.5 Å². The Hall–Kier alpha value is -1.88. The first-order valence-corrected chi connectivity index (χ1v) is 8.14. The van der Waals surface area contributed by atoms with Gasteiger partial charge in [-0.3, -0.25) is 9.59 Å². The molecule has 1 unspecified atom stereocenters. The van der Waals surface area contributed by atoms with Gasteiger partial charge in [0.05, 0.1) is 6.04 Å². The maximum atomic E-state index is 11.9. The van der Waals surface area contributed by atoms with Gasteiger partial charge in [0.15, 0.2) is 0 Å². The maximum Gasteiger partial charge on any atom is 0.237 e. The minimum absolute atomic E-state index is 0.0368. The number of nitrogens with one attached hydrogen (secondary N) is 2. The van der Waals surface area contributed by atoms with E-state index in [9.17, 15) is 9.59 Å². The smallest absolute Gasteiger partial charge is 0.237 e. The highest BCUT2D eigenvalue weighted by molar-refractivity contribution is 5.93. The van der Waals surface area contributed by atoms with E-state index in [4.69, 9.17) is 0 Å². The lowest BCUT2D eigenvalue weighted by molar-refractivity contribution is -0.123. The molecule has 2 aliphatic rings. The van der Waals surface area contributed by atoms with Crippen molar-refractivity contribution in [2.45, 2.75) is 44.7 Å². The Morgan fingerprint density at radius 2 is 2.05 bits per heavy atom. The average molecular weight is 301 g/mol. The molecule has 2 amide bonds. The topological polar surface area (TPSA) is 61.4 Å². The van der Waals surface area contributed by atoms with E-state index in [1.807, 2.05) is 29.2 Å². The quantitative estimate of drug-likeness (QED) is 0.887. The number of carbonyl (C=O) groups excluding carboxylic acids is 2. The highest BCUT2D eigenvalue weighted by Gasteiger charge is 2.22. The molecule has 2 fully saturated rings. The SMILES string of the molecule is O=C(NCc1ccc(N2CCCCC2=O)cc1)C1CCCN1. The van der Waals surface area contributed by atoms with Gasteiger partial charge in [0.25, 0.3) is 0 Å². The third kappa shape index (κ3) is 3.47. The molecule has 3 rings (SSSR count). The molecule has 0 aromatic heterocycles. The number of piperidine rings is 1. The molecule has 118 valence electrons. The van der Waals surface area contributed by atoms with Crippen LogP contribution in [0, 0.1) is 0 Å². The first-order valence-electron chi connectivity index (χ1n) is 8.14. The molecule has 0 aliphatic carbocycles. The Bertz CT molecular complexity index is 535. The number of rotatable bonds is 4. The zero-order valence-corrected chi connectivity index (χ0v) is 12.8. The zero-order valence-electron chi connectivity index (χ0n) is 12.8. The highest BCUT2D eigenvalue weighted by Crippen LogP contribution is 2.21. The van der Waals surface area contributed by atoms with E-state index in [2.05, 4.69) is 10.6 Å². The molecular weight excluding hydrogens is 278 g/mol. The van der Waals surface area contributed by atoms with Crippen molar-refractivity contribution in [1.82, 2.24) is 10.6 Å². The summed E-state index contributed by atoms with van der Waals surface area (Å²) < 4.78 is 0. The third-order valence-electron chi connectivity index (χ3n) is 4.41. The average Bonchev–Trinajstić information content (AvgIpc) is 3.08. The predicted molar refractivity (Wildman–Crippen MR) is 85.5 cm³/mol. The molecule has 0 saturated carbocycles. The number of anilines is 1. The van der Waals surface area contributed by atoms with Crippen LogP contribution in [0.25, 0.3) is 0 Å². The van der Waals surface area contributed by atoms with Gasteiger partial charge in [-0.1, -0.05) is 12.1 Å². The number of nitrogens with zero attached hydrogens (tertiary/aromatic N) is 1. The van der Waals surface area contributed by atoms with Gasteiger partial charge in [0.1, 0.15) is 0 Å². The minimum Gasteiger partial charge on any atom is -0.351 e. The van der Waals surface area contributed by atoms with Gasteiger partial charge >= 0.3 is 0 Å². The molecule has 2 saturated heterocycles. The zero-order chi connectivity index (χ0) is 15.4. The largest absolute Gasteiger partial charge is 0.351 e. The Morgan fingerprint density at radius 3 is 2.73 bits per heavy atom. The van der Waals surface area contributed by atoms with Crippen LogP contribution in [0.4, 0.5) is 5.69 Å². The summed E-state index contributed by atoms with van der Waals surface area (Å²) in [7, 11) is 0. The third-order valence-corrected chi connectivity index (χ3v) is 4.41. The van der Waals surface area contributed by atoms with Crippen LogP contribution in [-0.2, 0) is 16.1 Å². The van der Waals surface area contributed by atoms with Crippen LogP contribution in [0.15, 0.2) is 24.3 Å². The van der Waals surface area contributed by atoms with Crippen molar-refractivity contribution in [3.63, 3.8) is 0 Å². The van der Waals surface area contributed by atoms with Crippen LogP contribution in [0.1, 0.15) is 37.7 Å². The first-order chi connectivity index (χ1) is 10.7. The summed E-state index contributed by atoms with van der Waals surface area (Å²) in [5.74, 6) is 0.285. The van der Waals surface area contributed by atoms with Crippen LogP contribution in [0.2, 0.25) is 0 Å². The van der Waals surface area contributed by atoms with E-state index in [1.165, 1.54) is 0 Å². The Balaban J connectivity index is 1.54. The molecule has 0 bridgehead atoms. The summed E-state index contributed by atoms with van der Waals surface area (Å²) in [6, 6.07) is 7.88. The summed E-state index contributed by atoms with van der Waals surface area (Å²) in [6.45, 7) is 2.27. The molecule has 2 N–H and O–H groups in total. The summed E-state index contributed by atoms with van der Waals surface area (Å²) in [4.78, 5) is 25.7. The molecule has 22 heavy (non-hydrogen) atoms. The molecule has 0 radical (unpaired) electrons. The minimum atomic E-state index is -0.0368. The van der Waals surface area contributed by atoms with E-state index in [-0.39, 0.29) is 17.9 Å². The molecule has 5 nitrogen and oxygen atoms in total. The molecule has 1 aromatic rings. The number of hydrogen-bond donors (Lipinski definition) is 2. The van der Waals surface area contributed by atoms with E-state index < -0.39 is 0 Å². The van der Waals surface area contributed by atoms with E-state index in [0.29, 0.717) is 13.0 Å². The summed E-state index contributed by atoms with van der Waals surface area (Å²) in [5, 5.41) is 6.16. The van der Waals surface area contributed by atoms with Gasteiger partial charge < -0.3 is 15.5 Å². The monoisotopic (exact) mass is 301 g/mol. The molecule has 0 spiro atoms. The van der Waals surface area contributed by atoms with Gasteiger partial charge in [-0.2, -0.15) is 0 Å². The normalized spacial score (nSPS) is 21.9. The fourth-order valence-corrected chi connectivity index (χ4v) is 3.09. The molecular formula is C17H23N3O2. The molecule has 2 aliphatic heterocycles. The standard InChI is InChI=1S/C17H23N3O2/c21-16-5-1-2-11-20(16)14-8-6-13(7-9-14)12-19-17(22)15-4-3-10-18-15/h6-9,15,18H,1-5,10-12H2,(H,19,22). The van der Waals surface area contributed by atoms with Crippen molar-refractivity contribution in [1.29, 1.82) is 0 Å².